The highest BCUT2D eigenvalue weighted by Gasteiger charge is 2.25. The fourth-order valence-electron chi connectivity index (χ4n) is 3.08. The second-order valence-electron chi connectivity index (χ2n) is 5.92. The van der Waals surface area contributed by atoms with Crippen molar-refractivity contribution in [1.29, 1.82) is 0 Å². The van der Waals surface area contributed by atoms with Crippen LogP contribution in [0.25, 0.3) is 0 Å². The third-order valence-electron chi connectivity index (χ3n) is 3.88. The molecule has 104 valence electrons. The van der Waals surface area contributed by atoms with E-state index < -0.39 is 0 Å². The summed E-state index contributed by atoms with van der Waals surface area (Å²) in [5.41, 5.74) is 1.76. The van der Waals surface area contributed by atoms with Crippen LogP contribution in [0.15, 0.2) is 24.3 Å². The molecule has 1 aliphatic rings. The van der Waals surface area contributed by atoms with E-state index in [1.807, 2.05) is 24.3 Å². The molecule has 0 aliphatic heterocycles. The van der Waals surface area contributed by atoms with Gasteiger partial charge in [0, 0.05) is 17.5 Å². The lowest BCUT2D eigenvalue weighted by Gasteiger charge is -2.32. The van der Waals surface area contributed by atoms with Gasteiger partial charge in [-0.25, -0.2) is 0 Å². The summed E-state index contributed by atoms with van der Waals surface area (Å²) in [5, 5.41) is 3.16. The van der Waals surface area contributed by atoms with E-state index in [4.69, 9.17) is 11.6 Å². The first kappa shape index (κ1) is 14.4. The molecule has 2 atom stereocenters. The van der Waals surface area contributed by atoms with Crippen LogP contribution in [0.2, 0.25) is 0 Å². The lowest BCUT2D eigenvalue weighted by atomic mass is 9.80. The molecular formula is C16H22ClNO. The standard InChI is InChI=1S/C16H22ClNO/c1-11-7-12(2)9-15(8-11)18-16(19)14-5-3-13(10-17)4-6-14/h3-6,11-12,15H,7-10H2,1-2H3,(H,18,19). The number of hydrogen-bond acceptors (Lipinski definition) is 1. The Morgan fingerprint density at radius 2 is 1.74 bits per heavy atom. The van der Waals surface area contributed by atoms with Gasteiger partial charge >= 0.3 is 0 Å². The molecule has 0 spiro atoms. The third-order valence-corrected chi connectivity index (χ3v) is 4.19. The maximum atomic E-state index is 12.2. The number of carbonyl (C=O) groups is 1. The molecule has 2 rings (SSSR count). The van der Waals surface area contributed by atoms with Crippen LogP contribution in [0.5, 0.6) is 0 Å². The summed E-state index contributed by atoms with van der Waals surface area (Å²) in [4.78, 5) is 12.2. The first-order chi connectivity index (χ1) is 9.08. The van der Waals surface area contributed by atoms with Crippen molar-refractivity contribution in [2.45, 2.75) is 45.0 Å². The first-order valence-electron chi connectivity index (χ1n) is 7.04. The molecule has 1 aliphatic carbocycles. The predicted octanol–water partition coefficient (Wildman–Crippen LogP) is 3.98. The fraction of sp³-hybridized carbons (Fsp3) is 0.562. The van der Waals surface area contributed by atoms with Gasteiger partial charge in [0.05, 0.1) is 0 Å². The molecule has 0 bridgehead atoms. The van der Waals surface area contributed by atoms with E-state index in [1.165, 1.54) is 6.42 Å². The van der Waals surface area contributed by atoms with Crippen molar-refractivity contribution in [2.24, 2.45) is 11.8 Å². The maximum absolute atomic E-state index is 12.2. The zero-order valence-electron chi connectivity index (χ0n) is 11.7. The Labute approximate surface area is 120 Å². The van der Waals surface area contributed by atoms with E-state index in [-0.39, 0.29) is 5.91 Å². The van der Waals surface area contributed by atoms with Crippen LogP contribution in [0.3, 0.4) is 0 Å². The van der Waals surface area contributed by atoms with Crippen molar-refractivity contribution in [3.05, 3.63) is 35.4 Å². The highest BCUT2D eigenvalue weighted by atomic mass is 35.5. The quantitative estimate of drug-likeness (QED) is 0.833. The minimum absolute atomic E-state index is 0.0347. The van der Waals surface area contributed by atoms with Crippen LogP contribution >= 0.6 is 11.6 Å². The van der Waals surface area contributed by atoms with E-state index in [0.29, 0.717) is 23.8 Å². The van der Waals surface area contributed by atoms with Crippen LogP contribution in [0, 0.1) is 11.8 Å². The van der Waals surface area contributed by atoms with Crippen molar-refractivity contribution in [1.82, 2.24) is 5.32 Å². The molecule has 19 heavy (non-hydrogen) atoms. The molecule has 0 saturated heterocycles. The summed E-state index contributed by atoms with van der Waals surface area (Å²) in [5.74, 6) is 1.92. The molecule has 0 aromatic heterocycles. The third kappa shape index (κ3) is 3.97. The highest BCUT2D eigenvalue weighted by Crippen LogP contribution is 2.28. The number of carbonyl (C=O) groups excluding carboxylic acids is 1. The van der Waals surface area contributed by atoms with Gasteiger partial charge in [-0.2, -0.15) is 0 Å². The van der Waals surface area contributed by atoms with Gasteiger partial charge in [-0.15, -0.1) is 11.6 Å². The average molecular weight is 280 g/mol. The van der Waals surface area contributed by atoms with Crippen LogP contribution < -0.4 is 5.32 Å². The Morgan fingerprint density at radius 1 is 1.16 bits per heavy atom. The Bertz CT molecular complexity index is 419. The molecule has 1 N–H and O–H groups in total. The smallest absolute Gasteiger partial charge is 0.251 e. The van der Waals surface area contributed by atoms with Gasteiger partial charge in [0.15, 0.2) is 0 Å². The molecule has 1 saturated carbocycles. The van der Waals surface area contributed by atoms with Gasteiger partial charge < -0.3 is 5.32 Å². The Kier molecular flexibility index (Phi) is 4.87. The van der Waals surface area contributed by atoms with Crippen molar-refractivity contribution >= 4 is 17.5 Å². The molecule has 1 aromatic carbocycles. The predicted molar refractivity (Wildman–Crippen MR) is 79.4 cm³/mol. The van der Waals surface area contributed by atoms with Crippen LogP contribution in [-0.4, -0.2) is 11.9 Å². The normalized spacial score (nSPS) is 27.0. The first-order valence-corrected chi connectivity index (χ1v) is 7.57. The number of benzene rings is 1. The fourth-order valence-corrected chi connectivity index (χ4v) is 3.26. The molecule has 3 heteroatoms. The summed E-state index contributed by atoms with van der Waals surface area (Å²) < 4.78 is 0. The van der Waals surface area contributed by atoms with Crippen LogP contribution in [-0.2, 0) is 5.88 Å². The highest BCUT2D eigenvalue weighted by molar-refractivity contribution is 6.17. The zero-order chi connectivity index (χ0) is 13.8. The van der Waals surface area contributed by atoms with Crippen molar-refractivity contribution in [3.8, 4) is 0 Å². The van der Waals surface area contributed by atoms with Gasteiger partial charge in [0.1, 0.15) is 0 Å². The molecular weight excluding hydrogens is 258 g/mol. The molecule has 0 radical (unpaired) electrons. The van der Waals surface area contributed by atoms with Crippen LogP contribution in [0.1, 0.15) is 49.0 Å². The molecule has 2 unspecified atom stereocenters. The maximum Gasteiger partial charge on any atom is 0.251 e. The number of alkyl halides is 1. The van der Waals surface area contributed by atoms with Gasteiger partial charge in [0.25, 0.3) is 5.91 Å². The summed E-state index contributed by atoms with van der Waals surface area (Å²) in [6.07, 6.45) is 3.46. The molecule has 2 nitrogen and oxygen atoms in total. The van der Waals surface area contributed by atoms with E-state index >= 15 is 0 Å². The minimum Gasteiger partial charge on any atom is -0.349 e. The molecule has 1 amide bonds. The van der Waals surface area contributed by atoms with E-state index in [0.717, 1.165) is 24.0 Å². The number of amides is 1. The summed E-state index contributed by atoms with van der Waals surface area (Å²) >= 11 is 5.75. The molecule has 1 fully saturated rings. The largest absolute Gasteiger partial charge is 0.349 e. The topological polar surface area (TPSA) is 29.1 Å². The second-order valence-corrected chi connectivity index (χ2v) is 6.19. The summed E-state index contributed by atoms with van der Waals surface area (Å²) in [7, 11) is 0. The monoisotopic (exact) mass is 279 g/mol. The zero-order valence-corrected chi connectivity index (χ0v) is 12.4. The Morgan fingerprint density at radius 3 is 2.26 bits per heavy atom. The number of halogens is 1. The lowest BCUT2D eigenvalue weighted by Crippen LogP contribution is -2.40. The summed E-state index contributed by atoms with van der Waals surface area (Å²) in [6.45, 7) is 4.54. The van der Waals surface area contributed by atoms with Gasteiger partial charge in [-0.3, -0.25) is 4.79 Å². The van der Waals surface area contributed by atoms with E-state index in [2.05, 4.69) is 19.2 Å². The minimum atomic E-state index is 0.0347. The Balaban J connectivity index is 1.96. The number of hydrogen-bond donors (Lipinski definition) is 1. The molecule has 1 aromatic rings. The average Bonchev–Trinajstić information content (AvgIpc) is 2.37. The van der Waals surface area contributed by atoms with Crippen molar-refractivity contribution in [2.75, 3.05) is 0 Å². The number of nitrogens with one attached hydrogen (secondary N) is 1. The lowest BCUT2D eigenvalue weighted by molar-refractivity contribution is 0.0911. The van der Waals surface area contributed by atoms with Crippen molar-refractivity contribution in [3.63, 3.8) is 0 Å². The second kappa shape index (κ2) is 6.42. The van der Waals surface area contributed by atoms with E-state index in [1.54, 1.807) is 0 Å². The van der Waals surface area contributed by atoms with Gasteiger partial charge in [-0.1, -0.05) is 26.0 Å². The van der Waals surface area contributed by atoms with E-state index in [9.17, 15) is 4.79 Å². The number of rotatable bonds is 3. The SMILES string of the molecule is CC1CC(C)CC(NC(=O)c2ccc(CCl)cc2)C1. The van der Waals surface area contributed by atoms with Gasteiger partial charge in [-0.05, 0) is 48.8 Å². The molecule has 0 heterocycles. The Hall–Kier alpha value is -1.02. The van der Waals surface area contributed by atoms with Crippen molar-refractivity contribution < 1.29 is 4.79 Å². The summed E-state index contributed by atoms with van der Waals surface area (Å²) in [6, 6.07) is 7.84. The van der Waals surface area contributed by atoms with Crippen LogP contribution in [0.4, 0.5) is 0 Å². The van der Waals surface area contributed by atoms with Gasteiger partial charge in [0.2, 0.25) is 0 Å².